The van der Waals surface area contributed by atoms with Gasteiger partial charge in [0.05, 0.1) is 22.4 Å². The Hall–Kier alpha value is -6.38. The molecule has 2 nitrogen and oxygen atoms in total. The Morgan fingerprint density at radius 2 is 1.02 bits per heavy atom. The Kier molecular flexibility index (Phi) is 6.88. The molecule has 0 aliphatic carbocycles. The van der Waals surface area contributed by atoms with Gasteiger partial charge < -0.3 is 9.13 Å². The molecule has 9 rings (SSSR count). The number of aryl methyl sites for hydroxylation is 1. The summed E-state index contributed by atoms with van der Waals surface area (Å²) in [7, 11) is 0. The Labute approximate surface area is 286 Å². The van der Waals surface area contributed by atoms with Gasteiger partial charge in [-0.2, -0.15) is 0 Å². The molecule has 7 aromatic carbocycles. The zero-order valence-electron chi connectivity index (χ0n) is 27.3. The number of rotatable bonds is 6. The summed E-state index contributed by atoms with van der Waals surface area (Å²) in [6.07, 6.45) is 2.03. The highest BCUT2D eigenvalue weighted by Crippen LogP contribution is 2.45. The maximum absolute atomic E-state index is 4.41. The minimum Gasteiger partial charge on any atom is -0.309 e. The average molecular weight is 627 g/mol. The topological polar surface area (TPSA) is 9.86 Å². The van der Waals surface area contributed by atoms with E-state index in [0.29, 0.717) is 0 Å². The van der Waals surface area contributed by atoms with Crippen LogP contribution in [0.2, 0.25) is 0 Å². The number of hydrogen-bond donors (Lipinski definition) is 0. The van der Waals surface area contributed by atoms with Gasteiger partial charge >= 0.3 is 0 Å². The molecule has 2 heterocycles. The smallest absolute Gasteiger partial charge is 0.0598 e. The van der Waals surface area contributed by atoms with Gasteiger partial charge in [0.25, 0.3) is 0 Å². The van der Waals surface area contributed by atoms with Crippen molar-refractivity contribution >= 4 is 38.7 Å². The molecule has 2 heteroatoms. The maximum atomic E-state index is 4.41. The average Bonchev–Trinajstić information content (AvgIpc) is 3.66. The fourth-order valence-corrected chi connectivity index (χ4v) is 7.66. The number of hydrogen-bond acceptors (Lipinski definition) is 0. The van der Waals surface area contributed by atoms with Crippen molar-refractivity contribution in [3.05, 3.63) is 188 Å². The van der Waals surface area contributed by atoms with Crippen molar-refractivity contribution in [3.8, 4) is 44.9 Å². The Morgan fingerprint density at radius 1 is 0.469 bits per heavy atom. The largest absolute Gasteiger partial charge is 0.309 e. The van der Waals surface area contributed by atoms with Gasteiger partial charge in [0.15, 0.2) is 0 Å². The SMILES string of the molecule is C=Cc1c(-c2c(C)c3ccccc3n2-c2cc(-c3ccccc3)c3ccccc3c2)c2ccccc2n1-c1ccc(-c2ccccc2)cc1. The fraction of sp³-hybridized carbons (Fsp3) is 0.0213. The number of benzene rings is 7. The third-order valence-electron chi connectivity index (χ3n) is 9.89. The first-order valence-corrected chi connectivity index (χ1v) is 16.8. The molecular formula is C47H34N2. The first kappa shape index (κ1) is 28.8. The normalized spacial score (nSPS) is 11.4. The van der Waals surface area contributed by atoms with Crippen molar-refractivity contribution in [1.29, 1.82) is 0 Å². The first-order chi connectivity index (χ1) is 24.2. The van der Waals surface area contributed by atoms with Crippen molar-refractivity contribution in [2.75, 3.05) is 0 Å². The van der Waals surface area contributed by atoms with Crippen molar-refractivity contribution in [2.45, 2.75) is 6.92 Å². The summed E-state index contributed by atoms with van der Waals surface area (Å²) in [5.74, 6) is 0. The highest BCUT2D eigenvalue weighted by atomic mass is 15.0. The summed E-state index contributed by atoms with van der Waals surface area (Å²) >= 11 is 0. The van der Waals surface area contributed by atoms with Gasteiger partial charge in [0.2, 0.25) is 0 Å². The van der Waals surface area contributed by atoms with Gasteiger partial charge in [-0.15, -0.1) is 0 Å². The lowest BCUT2D eigenvalue weighted by Crippen LogP contribution is -2.01. The molecule has 0 saturated heterocycles. The van der Waals surface area contributed by atoms with Crippen LogP contribution >= 0.6 is 0 Å². The Bertz CT molecular complexity index is 2650. The third kappa shape index (κ3) is 4.64. The van der Waals surface area contributed by atoms with E-state index in [9.17, 15) is 0 Å². The Balaban J connectivity index is 1.34. The van der Waals surface area contributed by atoms with Gasteiger partial charge in [-0.3, -0.25) is 0 Å². The lowest BCUT2D eigenvalue weighted by atomic mass is 9.97. The van der Waals surface area contributed by atoms with E-state index < -0.39 is 0 Å². The second kappa shape index (κ2) is 11.7. The first-order valence-electron chi connectivity index (χ1n) is 16.8. The van der Waals surface area contributed by atoms with Crippen LogP contribution in [0.3, 0.4) is 0 Å². The van der Waals surface area contributed by atoms with E-state index in [4.69, 9.17) is 0 Å². The van der Waals surface area contributed by atoms with Crippen molar-refractivity contribution in [3.63, 3.8) is 0 Å². The van der Waals surface area contributed by atoms with Crippen molar-refractivity contribution in [2.24, 2.45) is 0 Å². The van der Waals surface area contributed by atoms with E-state index in [-0.39, 0.29) is 0 Å². The lowest BCUT2D eigenvalue weighted by molar-refractivity contribution is 1.09. The van der Waals surface area contributed by atoms with Crippen LogP contribution in [-0.4, -0.2) is 9.13 Å². The summed E-state index contributed by atoms with van der Waals surface area (Å²) in [6.45, 7) is 6.68. The van der Waals surface area contributed by atoms with Gasteiger partial charge in [-0.1, -0.05) is 140 Å². The van der Waals surface area contributed by atoms with Crippen LogP contribution in [0, 0.1) is 6.92 Å². The number of nitrogens with zero attached hydrogens (tertiary/aromatic N) is 2. The number of fused-ring (bicyclic) bond motifs is 3. The van der Waals surface area contributed by atoms with Crippen molar-refractivity contribution < 1.29 is 0 Å². The van der Waals surface area contributed by atoms with E-state index in [2.05, 4.69) is 192 Å². The molecule has 232 valence electrons. The van der Waals surface area contributed by atoms with Gasteiger partial charge in [0.1, 0.15) is 0 Å². The molecule has 0 bridgehead atoms. The van der Waals surface area contributed by atoms with Crippen molar-refractivity contribution in [1.82, 2.24) is 9.13 Å². The van der Waals surface area contributed by atoms with Crippen LogP contribution in [0.25, 0.3) is 83.5 Å². The zero-order chi connectivity index (χ0) is 32.9. The second-order valence-electron chi connectivity index (χ2n) is 12.6. The van der Waals surface area contributed by atoms with Crippen LogP contribution < -0.4 is 0 Å². The summed E-state index contributed by atoms with van der Waals surface area (Å²) in [4.78, 5) is 0. The molecule has 0 spiro atoms. The van der Waals surface area contributed by atoms with Gasteiger partial charge in [0, 0.05) is 27.7 Å². The molecule has 0 amide bonds. The van der Waals surface area contributed by atoms with Gasteiger partial charge in [-0.25, -0.2) is 0 Å². The molecule has 49 heavy (non-hydrogen) atoms. The molecule has 0 unspecified atom stereocenters. The van der Waals surface area contributed by atoms with E-state index in [1.807, 2.05) is 6.08 Å². The van der Waals surface area contributed by atoms with Crippen LogP contribution in [0.5, 0.6) is 0 Å². The molecule has 0 saturated carbocycles. The van der Waals surface area contributed by atoms with Crippen LogP contribution in [0.4, 0.5) is 0 Å². The predicted molar refractivity (Wildman–Crippen MR) is 209 cm³/mol. The molecule has 2 aromatic heterocycles. The van der Waals surface area contributed by atoms with Crippen LogP contribution in [0.1, 0.15) is 11.3 Å². The molecular weight excluding hydrogens is 593 g/mol. The second-order valence-corrected chi connectivity index (χ2v) is 12.6. The predicted octanol–water partition coefficient (Wildman–Crippen LogP) is 12.7. The zero-order valence-corrected chi connectivity index (χ0v) is 27.3. The highest BCUT2D eigenvalue weighted by Gasteiger charge is 2.25. The van der Waals surface area contributed by atoms with E-state index in [0.717, 1.165) is 22.6 Å². The standard InChI is InChI=1S/C47H34N2/c1-3-43-46(41-23-13-15-25-45(41)48(43)37-28-26-34(27-29-37)33-16-6-4-7-17-33)47-32(2)39-21-12-14-24-44(39)49(47)38-30-36-20-10-11-22-40(36)42(31-38)35-18-8-5-9-19-35/h3-31H,1H2,2H3. The van der Waals surface area contributed by atoms with E-state index in [1.54, 1.807) is 0 Å². The maximum Gasteiger partial charge on any atom is 0.0598 e. The fourth-order valence-electron chi connectivity index (χ4n) is 7.66. The Morgan fingerprint density at radius 3 is 1.71 bits per heavy atom. The van der Waals surface area contributed by atoms with Gasteiger partial charge in [-0.05, 0) is 88.0 Å². The molecule has 0 aliphatic rings. The summed E-state index contributed by atoms with van der Waals surface area (Å²) < 4.78 is 4.84. The minimum atomic E-state index is 1.07. The molecule has 0 aliphatic heterocycles. The highest BCUT2D eigenvalue weighted by molar-refractivity contribution is 6.07. The summed E-state index contributed by atoms with van der Waals surface area (Å²) in [5.41, 5.74) is 14.1. The number of aromatic nitrogens is 2. The lowest BCUT2D eigenvalue weighted by Gasteiger charge is -2.17. The van der Waals surface area contributed by atoms with Crippen LogP contribution in [-0.2, 0) is 0 Å². The molecule has 0 N–H and O–H groups in total. The molecule has 0 fully saturated rings. The summed E-state index contributed by atoms with van der Waals surface area (Å²) in [6, 6.07) is 61.1. The third-order valence-corrected chi connectivity index (χ3v) is 9.89. The summed E-state index contributed by atoms with van der Waals surface area (Å²) in [5, 5.41) is 4.89. The minimum absolute atomic E-state index is 1.07. The van der Waals surface area contributed by atoms with E-state index in [1.165, 1.54) is 66.1 Å². The molecule has 0 radical (unpaired) electrons. The van der Waals surface area contributed by atoms with E-state index >= 15 is 0 Å². The quantitative estimate of drug-likeness (QED) is 0.174. The number of para-hydroxylation sites is 2. The monoisotopic (exact) mass is 626 g/mol. The molecule has 0 atom stereocenters. The van der Waals surface area contributed by atoms with Crippen LogP contribution in [0.15, 0.2) is 176 Å². The molecule has 9 aromatic rings.